The van der Waals surface area contributed by atoms with E-state index in [9.17, 15) is 0 Å². The van der Waals surface area contributed by atoms with Crippen molar-refractivity contribution in [3.05, 3.63) is 42.1 Å². The van der Waals surface area contributed by atoms with Gasteiger partial charge in [-0.15, -0.1) is 0 Å². The molecule has 15 heavy (non-hydrogen) atoms. The molecule has 0 atom stereocenters. The molecule has 0 aliphatic rings. The molecule has 1 aromatic heterocycles. The van der Waals surface area contributed by atoms with Crippen molar-refractivity contribution in [2.75, 3.05) is 0 Å². The summed E-state index contributed by atoms with van der Waals surface area (Å²) in [5.74, 6) is 0. The molecule has 0 bridgehead atoms. The Morgan fingerprint density at radius 3 is 2.87 bits per heavy atom. The third-order valence-corrected chi connectivity index (χ3v) is 2.13. The van der Waals surface area contributed by atoms with Crippen LogP contribution in [0.5, 0.6) is 0 Å². The van der Waals surface area contributed by atoms with E-state index in [0.717, 1.165) is 16.5 Å². The fraction of sp³-hybridized carbons (Fsp3) is 0.231. The van der Waals surface area contributed by atoms with Gasteiger partial charge in [-0.3, -0.25) is 9.98 Å². The Kier molecular flexibility index (Phi) is 2.77. The zero-order valence-electron chi connectivity index (χ0n) is 9.01. The minimum absolute atomic E-state index is 0.330. The largest absolute Gasteiger partial charge is 0.290 e. The smallest absolute Gasteiger partial charge is 0.0702 e. The summed E-state index contributed by atoms with van der Waals surface area (Å²) in [6, 6.07) is 10.5. The molecule has 2 rings (SSSR count). The lowest BCUT2D eigenvalue weighted by molar-refractivity contribution is 0.841. The highest BCUT2D eigenvalue weighted by Gasteiger charge is 1.94. The predicted molar refractivity (Wildman–Crippen MR) is 64.5 cm³/mol. The van der Waals surface area contributed by atoms with Crippen LogP contribution in [0.4, 0.5) is 0 Å². The highest BCUT2D eigenvalue weighted by molar-refractivity contribution is 5.87. The van der Waals surface area contributed by atoms with Crippen LogP contribution >= 0.6 is 0 Å². The summed E-state index contributed by atoms with van der Waals surface area (Å²) < 4.78 is 0. The minimum atomic E-state index is 0.330. The van der Waals surface area contributed by atoms with Gasteiger partial charge in [0.15, 0.2) is 0 Å². The second-order valence-corrected chi connectivity index (χ2v) is 3.83. The zero-order valence-corrected chi connectivity index (χ0v) is 9.01. The Balaban J connectivity index is 2.39. The summed E-state index contributed by atoms with van der Waals surface area (Å²) in [5, 5.41) is 1.16. The lowest BCUT2D eigenvalue weighted by Crippen LogP contribution is -1.91. The number of nitrogens with zero attached hydrogens (tertiary/aromatic N) is 2. The molecule has 2 nitrogen and oxygen atoms in total. The maximum absolute atomic E-state index is 4.37. The number of benzene rings is 1. The van der Waals surface area contributed by atoms with Crippen LogP contribution in [-0.2, 0) is 0 Å². The zero-order chi connectivity index (χ0) is 10.7. The molecule has 0 radical (unpaired) electrons. The molecule has 2 aromatic rings. The van der Waals surface area contributed by atoms with Crippen LogP contribution in [-0.4, -0.2) is 17.2 Å². The molecule has 0 unspecified atom stereocenters. The molecule has 0 spiro atoms. The van der Waals surface area contributed by atoms with Crippen LogP contribution in [0, 0.1) is 0 Å². The molecule has 1 heterocycles. The van der Waals surface area contributed by atoms with Crippen LogP contribution in [0.1, 0.15) is 19.4 Å². The SMILES string of the molecule is CC(C)N=Cc1cnc2ccccc2c1. The van der Waals surface area contributed by atoms with E-state index in [1.54, 1.807) is 0 Å². The number of fused-ring (bicyclic) bond motifs is 1. The molecule has 0 N–H and O–H groups in total. The van der Waals surface area contributed by atoms with Crippen molar-refractivity contribution in [2.24, 2.45) is 4.99 Å². The highest BCUT2D eigenvalue weighted by atomic mass is 14.7. The number of hydrogen-bond acceptors (Lipinski definition) is 2. The van der Waals surface area contributed by atoms with Gasteiger partial charge >= 0.3 is 0 Å². The Bertz CT molecular complexity index is 487. The highest BCUT2D eigenvalue weighted by Crippen LogP contribution is 2.11. The number of rotatable bonds is 2. The molecule has 1 aromatic carbocycles. The standard InChI is InChI=1S/C13H14N2/c1-10(2)14-8-11-7-12-5-3-4-6-13(12)15-9-11/h3-10H,1-2H3. The van der Waals surface area contributed by atoms with Crippen LogP contribution < -0.4 is 0 Å². The van der Waals surface area contributed by atoms with Gasteiger partial charge in [0.1, 0.15) is 0 Å². The summed E-state index contributed by atoms with van der Waals surface area (Å²) in [4.78, 5) is 8.70. The molecule has 0 fully saturated rings. The summed E-state index contributed by atoms with van der Waals surface area (Å²) in [7, 11) is 0. The van der Waals surface area contributed by atoms with Gasteiger partial charge in [-0.25, -0.2) is 0 Å². The summed E-state index contributed by atoms with van der Waals surface area (Å²) in [5.41, 5.74) is 2.08. The van der Waals surface area contributed by atoms with Gasteiger partial charge in [-0.1, -0.05) is 18.2 Å². The number of aromatic nitrogens is 1. The van der Waals surface area contributed by atoms with E-state index in [-0.39, 0.29) is 0 Å². The minimum Gasteiger partial charge on any atom is -0.290 e. The van der Waals surface area contributed by atoms with E-state index in [0.29, 0.717) is 6.04 Å². The average Bonchev–Trinajstić information content (AvgIpc) is 2.26. The summed E-state index contributed by atoms with van der Waals surface area (Å²) in [6.45, 7) is 4.12. The van der Waals surface area contributed by atoms with Crippen molar-refractivity contribution in [3.8, 4) is 0 Å². The van der Waals surface area contributed by atoms with E-state index >= 15 is 0 Å². The van der Waals surface area contributed by atoms with Crippen LogP contribution in [0.2, 0.25) is 0 Å². The Labute approximate surface area is 89.7 Å². The molecule has 76 valence electrons. The van der Waals surface area contributed by atoms with Gasteiger partial charge in [0.05, 0.1) is 5.52 Å². The monoisotopic (exact) mass is 198 g/mol. The Morgan fingerprint density at radius 2 is 2.07 bits per heavy atom. The first-order valence-corrected chi connectivity index (χ1v) is 5.13. The van der Waals surface area contributed by atoms with Crippen molar-refractivity contribution in [2.45, 2.75) is 19.9 Å². The number of hydrogen-bond donors (Lipinski definition) is 0. The van der Waals surface area contributed by atoms with Crippen molar-refractivity contribution in [3.63, 3.8) is 0 Å². The van der Waals surface area contributed by atoms with Crippen LogP contribution in [0.3, 0.4) is 0 Å². The third-order valence-electron chi connectivity index (χ3n) is 2.13. The van der Waals surface area contributed by atoms with Crippen molar-refractivity contribution in [1.29, 1.82) is 0 Å². The topological polar surface area (TPSA) is 25.2 Å². The summed E-state index contributed by atoms with van der Waals surface area (Å²) in [6.07, 6.45) is 3.73. The van der Waals surface area contributed by atoms with Gasteiger partial charge in [0.25, 0.3) is 0 Å². The van der Waals surface area contributed by atoms with Crippen molar-refractivity contribution < 1.29 is 0 Å². The lowest BCUT2D eigenvalue weighted by Gasteiger charge is -1.99. The first-order valence-electron chi connectivity index (χ1n) is 5.13. The molecule has 0 aliphatic carbocycles. The normalized spacial score (nSPS) is 11.7. The lowest BCUT2D eigenvalue weighted by atomic mass is 10.2. The van der Waals surface area contributed by atoms with Gasteiger partial charge < -0.3 is 0 Å². The molecule has 0 saturated heterocycles. The Hall–Kier alpha value is -1.70. The van der Waals surface area contributed by atoms with E-state index < -0.39 is 0 Å². The second kappa shape index (κ2) is 4.22. The van der Waals surface area contributed by atoms with E-state index in [1.807, 2.05) is 30.6 Å². The first-order chi connectivity index (χ1) is 7.25. The first kappa shape index (κ1) is 9.84. The number of pyridine rings is 1. The van der Waals surface area contributed by atoms with Crippen molar-refractivity contribution in [1.82, 2.24) is 4.98 Å². The van der Waals surface area contributed by atoms with Gasteiger partial charge in [0, 0.05) is 29.4 Å². The average molecular weight is 198 g/mol. The molecular weight excluding hydrogens is 184 g/mol. The maximum Gasteiger partial charge on any atom is 0.0702 e. The molecule has 2 heteroatoms. The van der Waals surface area contributed by atoms with Crippen molar-refractivity contribution >= 4 is 17.1 Å². The second-order valence-electron chi connectivity index (χ2n) is 3.83. The van der Waals surface area contributed by atoms with E-state index in [4.69, 9.17) is 0 Å². The molecular formula is C13H14N2. The van der Waals surface area contributed by atoms with Crippen LogP contribution in [0.15, 0.2) is 41.5 Å². The van der Waals surface area contributed by atoms with E-state index in [2.05, 4.69) is 36.0 Å². The Morgan fingerprint density at radius 1 is 1.27 bits per heavy atom. The maximum atomic E-state index is 4.37. The number of aliphatic imine (C=N–C) groups is 1. The fourth-order valence-electron chi connectivity index (χ4n) is 1.39. The van der Waals surface area contributed by atoms with Crippen LogP contribution in [0.25, 0.3) is 10.9 Å². The summed E-state index contributed by atoms with van der Waals surface area (Å²) >= 11 is 0. The van der Waals surface area contributed by atoms with Gasteiger partial charge in [0.2, 0.25) is 0 Å². The van der Waals surface area contributed by atoms with E-state index in [1.165, 1.54) is 0 Å². The molecule has 0 amide bonds. The van der Waals surface area contributed by atoms with Gasteiger partial charge in [-0.2, -0.15) is 0 Å². The fourth-order valence-corrected chi connectivity index (χ4v) is 1.39. The molecule has 0 saturated carbocycles. The third kappa shape index (κ3) is 2.40. The van der Waals surface area contributed by atoms with Gasteiger partial charge in [-0.05, 0) is 26.0 Å². The molecule has 0 aliphatic heterocycles. The quantitative estimate of drug-likeness (QED) is 0.681. The number of para-hydroxylation sites is 1. The predicted octanol–water partition coefficient (Wildman–Crippen LogP) is 3.06.